The molecule has 0 unspecified atom stereocenters. The van der Waals surface area contributed by atoms with Crippen molar-refractivity contribution in [1.29, 1.82) is 0 Å². The Morgan fingerprint density at radius 3 is 2.77 bits per heavy atom. The van der Waals surface area contributed by atoms with Crippen LogP contribution in [-0.2, 0) is 0 Å². The van der Waals surface area contributed by atoms with Crippen LogP contribution in [0.4, 0.5) is 0 Å². The van der Waals surface area contributed by atoms with Gasteiger partial charge in [-0.15, -0.1) is 0 Å². The van der Waals surface area contributed by atoms with Crippen molar-refractivity contribution in [3.8, 4) is 0 Å². The predicted octanol–water partition coefficient (Wildman–Crippen LogP) is 6.42. The molecule has 3 rings (SSSR count). The summed E-state index contributed by atoms with van der Waals surface area (Å²) < 4.78 is 0. The maximum absolute atomic E-state index is 4.44. The van der Waals surface area contributed by atoms with Crippen LogP contribution in [-0.4, -0.2) is 29.5 Å². The predicted molar refractivity (Wildman–Crippen MR) is 114 cm³/mol. The van der Waals surface area contributed by atoms with Crippen molar-refractivity contribution in [1.82, 2.24) is 9.88 Å². The number of fused-ring (bicyclic) bond motifs is 1. The number of benzene rings is 1. The van der Waals surface area contributed by atoms with Crippen molar-refractivity contribution in [2.24, 2.45) is 5.41 Å². The minimum absolute atomic E-state index is 0.331. The van der Waals surface area contributed by atoms with Crippen molar-refractivity contribution >= 4 is 16.5 Å². The van der Waals surface area contributed by atoms with Crippen LogP contribution in [0.1, 0.15) is 58.9 Å². The molecule has 2 aromatic rings. The zero-order chi connectivity index (χ0) is 18.7. The van der Waals surface area contributed by atoms with Crippen LogP contribution in [0.2, 0.25) is 0 Å². The summed E-state index contributed by atoms with van der Waals surface area (Å²) in [5.74, 6) is 0. The Morgan fingerprint density at radius 2 is 2.04 bits per heavy atom. The number of nitrogens with one attached hydrogen (secondary N) is 1. The number of hydrogen-bond acceptors (Lipinski definition) is 1. The second-order valence-electron chi connectivity index (χ2n) is 8.97. The highest BCUT2D eigenvalue weighted by Crippen LogP contribution is 2.34. The molecule has 1 fully saturated rings. The van der Waals surface area contributed by atoms with Crippen LogP contribution >= 0.6 is 0 Å². The van der Waals surface area contributed by atoms with Gasteiger partial charge in [0.05, 0.1) is 0 Å². The molecule has 2 heteroatoms. The van der Waals surface area contributed by atoms with E-state index in [-0.39, 0.29) is 0 Å². The number of aromatic amines is 1. The van der Waals surface area contributed by atoms with Crippen LogP contribution in [0, 0.1) is 5.41 Å². The molecule has 0 aliphatic carbocycles. The molecule has 0 radical (unpaired) electrons. The van der Waals surface area contributed by atoms with E-state index < -0.39 is 0 Å². The quantitative estimate of drug-likeness (QED) is 0.659. The lowest BCUT2D eigenvalue weighted by molar-refractivity contribution is 0.198. The molecule has 0 bridgehead atoms. The lowest BCUT2D eigenvalue weighted by atomic mass is 9.86. The minimum atomic E-state index is 0.331. The number of likely N-dealkylation sites (tertiary alicyclic amines) is 1. The van der Waals surface area contributed by atoms with E-state index in [4.69, 9.17) is 0 Å². The summed E-state index contributed by atoms with van der Waals surface area (Å²) >= 11 is 0. The van der Waals surface area contributed by atoms with Gasteiger partial charge in [0.15, 0.2) is 0 Å². The number of unbranched alkanes of at least 4 members (excludes halogenated alkanes) is 1. The Bertz CT molecular complexity index is 801. The maximum atomic E-state index is 4.44. The molecule has 1 N–H and O–H groups in total. The van der Waals surface area contributed by atoms with E-state index >= 15 is 0 Å². The maximum Gasteiger partial charge on any atom is 0.0454 e. The molecule has 1 saturated heterocycles. The van der Waals surface area contributed by atoms with Gasteiger partial charge in [-0.2, -0.15) is 0 Å². The summed E-state index contributed by atoms with van der Waals surface area (Å²) in [6.45, 7) is 17.0. The Hall–Kier alpha value is -1.80. The summed E-state index contributed by atoms with van der Waals surface area (Å²) in [4.78, 5) is 5.92. The van der Waals surface area contributed by atoms with E-state index in [1.54, 1.807) is 0 Å². The van der Waals surface area contributed by atoms with Crippen LogP contribution in [0.5, 0.6) is 0 Å². The molecule has 0 spiro atoms. The number of allylic oxidation sites excluding steroid dienone is 1. The summed E-state index contributed by atoms with van der Waals surface area (Å²) in [5.41, 5.74) is 7.26. The van der Waals surface area contributed by atoms with Crippen molar-refractivity contribution < 1.29 is 0 Å². The van der Waals surface area contributed by atoms with Crippen molar-refractivity contribution in [2.45, 2.75) is 53.4 Å². The smallest absolute Gasteiger partial charge is 0.0454 e. The number of nitrogens with zero attached hydrogens (tertiary/aromatic N) is 1. The highest BCUT2D eigenvalue weighted by molar-refractivity contribution is 5.85. The summed E-state index contributed by atoms with van der Waals surface area (Å²) in [6, 6.07) is 9.02. The first-order chi connectivity index (χ1) is 12.4. The van der Waals surface area contributed by atoms with E-state index in [0.717, 1.165) is 32.5 Å². The van der Waals surface area contributed by atoms with Gasteiger partial charge in [-0.3, -0.25) is 4.90 Å². The average molecular weight is 351 g/mol. The molecule has 26 heavy (non-hydrogen) atoms. The molecular weight excluding hydrogens is 316 g/mol. The van der Waals surface area contributed by atoms with Gasteiger partial charge in [-0.05, 0) is 70.5 Å². The first-order valence-electron chi connectivity index (χ1n) is 10.1. The van der Waals surface area contributed by atoms with Gasteiger partial charge in [0.25, 0.3) is 0 Å². The fourth-order valence-electron chi connectivity index (χ4n) is 4.04. The monoisotopic (exact) mass is 350 g/mol. The van der Waals surface area contributed by atoms with Gasteiger partial charge in [-0.25, -0.2) is 0 Å². The van der Waals surface area contributed by atoms with Crippen molar-refractivity contribution in [3.05, 3.63) is 53.8 Å². The topological polar surface area (TPSA) is 19.0 Å². The van der Waals surface area contributed by atoms with E-state index in [0.29, 0.717) is 5.41 Å². The van der Waals surface area contributed by atoms with Gasteiger partial charge < -0.3 is 4.98 Å². The Kier molecular flexibility index (Phi) is 5.72. The number of H-pyrrole nitrogens is 1. The molecular formula is C24H34N2. The van der Waals surface area contributed by atoms with Crippen molar-refractivity contribution in [2.75, 3.05) is 19.6 Å². The number of rotatable bonds is 5. The summed E-state index contributed by atoms with van der Waals surface area (Å²) in [6.07, 6.45) is 6.72. The highest BCUT2D eigenvalue weighted by atomic mass is 15.1. The molecule has 1 aliphatic heterocycles. The van der Waals surface area contributed by atoms with Crippen LogP contribution in [0.25, 0.3) is 16.5 Å². The largest absolute Gasteiger partial charge is 0.361 e. The van der Waals surface area contributed by atoms with Crippen LogP contribution in [0.3, 0.4) is 0 Å². The number of piperidine rings is 1. The van der Waals surface area contributed by atoms with Crippen LogP contribution in [0.15, 0.2) is 48.2 Å². The molecule has 0 atom stereocenters. The summed E-state index contributed by atoms with van der Waals surface area (Å²) in [7, 11) is 0. The molecule has 1 aliphatic rings. The minimum Gasteiger partial charge on any atom is -0.361 e. The van der Waals surface area contributed by atoms with Gasteiger partial charge in [-0.1, -0.05) is 46.8 Å². The van der Waals surface area contributed by atoms with Gasteiger partial charge in [0.1, 0.15) is 0 Å². The molecule has 2 heterocycles. The third-order valence-corrected chi connectivity index (χ3v) is 5.28. The van der Waals surface area contributed by atoms with Gasteiger partial charge in [0.2, 0.25) is 0 Å². The van der Waals surface area contributed by atoms with Gasteiger partial charge in [0, 0.05) is 31.3 Å². The Balaban J connectivity index is 1.98. The van der Waals surface area contributed by atoms with E-state index in [1.165, 1.54) is 46.0 Å². The van der Waals surface area contributed by atoms with Gasteiger partial charge >= 0.3 is 0 Å². The Morgan fingerprint density at radius 1 is 1.23 bits per heavy atom. The fraction of sp³-hybridized carbons (Fsp3) is 0.500. The average Bonchev–Trinajstić information content (AvgIpc) is 3.04. The third kappa shape index (κ3) is 4.48. The van der Waals surface area contributed by atoms with E-state index in [1.807, 2.05) is 6.20 Å². The third-order valence-electron chi connectivity index (χ3n) is 5.28. The zero-order valence-corrected chi connectivity index (χ0v) is 17.0. The fourth-order valence-corrected chi connectivity index (χ4v) is 4.04. The summed E-state index contributed by atoms with van der Waals surface area (Å²) in [5, 5.41) is 1.30. The Labute approximate surface area is 159 Å². The second-order valence-corrected chi connectivity index (χ2v) is 8.97. The molecule has 0 saturated carbocycles. The van der Waals surface area contributed by atoms with E-state index in [2.05, 4.69) is 68.4 Å². The molecule has 2 nitrogen and oxygen atoms in total. The molecule has 140 valence electrons. The second kappa shape index (κ2) is 7.84. The van der Waals surface area contributed by atoms with Crippen LogP contribution < -0.4 is 0 Å². The number of hydrogen-bond donors (Lipinski definition) is 1. The zero-order valence-electron chi connectivity index (χ0n) is 17.0. The number of aromatic nitrogens is 1. The molecule has 1 aromatic heterocycles. The first kappa shape index (κ1) is 19.0. The molecule has 0 amide bonds. The SMILES string of the molecule is C=C1CCN(CC(C)(C)C)C/C1=C(/CCCC)c1ccc2[nH]ccc2c1. The first-order valence-corrected chi connectivity index (χ1v) is 10.1. The lowest BCUT2D eigenvalue weighted by Crippen LogP contribution is -2.38. The highest BCUT2D eigenvalue weighted by Gasteiger charge is 2.24. The van der Waals surface area contributed by atoms with E-state index in [9.17, 15) is 0 Å². The van der Waals surface area contributed by atoms with Crippen molar-refractivity contribution in [3.63, 3.8) is 0 Å². The molecule has 1 aromatic carbocycles. The normalized spacial score (nSPS) is 18.5. The lowest BCUT2D eigenvalue weighted by Gasteiger charge is -2.36. The standard InChI is InChI=1S/C24H34N2/c1-6-7-8-21(19-9-10-23-20(15-19)11-13-25-23)22-16-26(14-12-18(22)2)17-24(3,4)5/h9-11,13,15,25H,2,6-8,12,14,16-17H2,1,3-5H3/b22-21+.